The second-order valence-electron chi connectivity index (χ2n) is 6.35. The lowest BCUT2D eigenvalue weighted by Crippen LogP contribution is -2.48. The van der Waals surface area contributed by atoms with E-state index in [1.807, 2.05) is 6.07 Å². The van der Waals surface area contributed by atoms with Crippen molar-refractivity contribution in [1.82, 2.24) is 9.80 Å². The summed E-state index contributed by atoms with van der Waals surface area (Å²) in [5.41, 5.74) is 2.44. The number of rotatable bonds is 3. The highest BCUT2D eigenvalue weighted by molar-refractivity contribution is 8.01. The monoisotopic (exact) mass is 341 g/mol. The summed E-state index contributed by atoms with van der Waals surface area (Å²) in [6.07, 6.45) is 0. The van der Waals surface area contributed by atoms with Crippen molar-refractivity contribution < 1.29 is 4.74 Å². The quantitative estimate of drug-likeness (QED) is 0.794. The van der Waals surface area contributed by atoms with E-state index in [0.717, 1.165) is 44.2 Å². The fourth-order valence-corrected chi connectivity index (χ4v) is 4.30. The van der Waals surface area contributed by atoms with Gasteiger partial charge in [0.1, 0.15) is 5.75 Å². The van der Waals surface area contributed by atoms with Gasteiger partial charge < -0.3 is 9.64 Å². The zero-order valence-electron chi connectivity index (χ0n) is 14.0. The van der Waals surface area contributed by atoms with Crippen LogP contribution in [0, 0.1) is 0 Å². The molecule has 5 heteroatoms. The summed E-state index contributed by atoms with van der Waals surface area (Å²) >= 11 is 1.78. The predicted molar refractivity (Wildman–Crippen MR) is 101 cm³/mol. The molecule has 0 amide bonds. The lowest BCUT2D eigenvalue weighted by atomic mass is 10.2. The lowest BCUT2D eigenvalue weighted by molar-refractivity contribution is 0.124. The van der Waals surface area contributed by atoms with E-state index in [4.69, 9.17) is 4.74 Å². The molecule has 1 atom stereocenters. The minimum Gasteiger partial charge on any atom is -0.474 e. The fraction of sp³-hybridized carbons (Fsp3) is 0.368. The van der Waals surface area contributed by atoms with Crippen molar-refractivity contribution in [1.29, 1.82) is 0 Å². The smallest absolute Gasteiger partial charge is 0.176 e. The van der Waals surface area contributed by atoms with Crippen molar-refractivity contribution in [2.45, 2.75) is 5.44 Å². The van der Waals surface area contributed by atoms with Crippen LogP contribution in [0.4, 0.5) is 11.4 Å². The molecular formula is C19H23N3OS. The third-order valence-corrected chi connectivity index (χ3v) is 5.66. The largest absolute Gasteiger partial charge is 0.474 e. The predicted octanol–water partition coefficient (Wildman–Crippen LogP) is 3.44. The van der Waals surface area contributed by atoms with Crippen LogP contribution in [0.1, 0.15) is 0 Å². The average molecular weight is 341 g/mol. The Kier molecular flexibility index (Phi) is 4.65. The number of likely N-dealkylation sites (N-methyl/N-ethyl adjacent to an activating group) is 1. The van der Waals surface area contributed by atoms with Crippen LogP contribution in [0.3, 0.4) is 0 Å². The van der Waals surface area contributed by atoms with Gasteiger partial charge in [-0.25, -0.2) is 0 Å². The fourth-order valence-electron chi connectivity index (χ4n) is 3.14. The Balaban J connectivity index is 1.54. The van der Waals surface area contributed by atoms with E-state index in [0.29, 0.717) is 0 Å². The first kappa shape index (κ1) is 15.8. The van der Waals surface area contributed by atoms with E-state index in [-0.39, 0.29) is 5.44 Å². The molecule has 2 heterocycles. The molecule has 126 valence electrons. The van der Waals surface area contributed by atoms with Crippen LogP contribution in [0.5, 0.6) is 5.75 Å². The van der Waals surface area contributed by atoms with E-state index in [9.17, 15) is 0 Å². The molecule has 0 bridgehead atoms. The zero-order chi connectivity index (χ0) is 16.4. The van der Waals surface area contributed by atoms with Gasteiger partial charge in [0, 0.05) is 44.7 Å². The molecule has 2 aromatic rings. The van der Waals surface area contributed by atoms with Crippen LogP contribution < -0.4 is 9.04 Å². The van der Waals surface area contributed by atoms with Crippen LogP contribution in [0.25, 0.3) is 0 Å². The molecule has 2 aliphatic rings. The van der Waals surface area contributed by atoms with E-state index < -0.39 is 0 Å². The molecule has 0 saturated carbocycles. The summed E-state index contributed by atoms with van der Waals surface area (Å²) in [4.78, 5) is 4.89. The second kappa shape index (κ2) is 7.05. The minimum atomic E-state index is 0.114. The molecule has 4 nitrogen and oxygen atoms in total. The summed E-state index contributed by atoms with van der Waals surface area (Å²) in [5, 5.41) is 0. The van der Waals surface area contributed by atoms with Crippen molar-refractivity contribution in [3.05, 3.63) is 54.6 Å². The van der Waals surface area contributed by atoms with Gasteiger partial charge in [-0.3, -0.25) is 9.21 Å². The van der Waals surface area contributed by atoms with Crippen molar-refractivity contribution >= 4 is 23.3 Å². The normalized spacial score (nSPS) is 22.0. The van der Waals surface area contributed by atoms with E-state index in [1.54, 1.807) is 11.9 Å². The van der Waals surface area contributed by atoms with Gasteiger partial charge in [-0.2, -0.15) is 0 Å². The molecule has 1 fully saturated rings. The number of para-hydroxylation sites is 3. The first-order valence-corrected chi connectivity index (χ1v) is 9.32. The highest BCUT2D eigenvalue weighted by atomic mass is 32.2. The maximum absolute atomic E-state index is 6.28. The third kappa shape index (κ3) is 3.38. The van der Waals surface area contributed by atoms with Gasteiger partial charge in [-0.15, -0.1) is 0 Å². The average Bonchev–Trinajstić information content (AvgIpc) is 2.64. The SMILES string of the molecule is CN1CCN(CC2Oc3ccccc3N(c3ccccc3)S2)CC1. The topological polar surface area (TPSA) is 19.0 Å². The number of anilines is 2. The maximum atomic E-state index is 6.28. The maximum Gasteiger partial charge on any atom is 0.176 e. The lowest BCUT2D eigenvalue weighted by Gasteiger charge is -2.39. The Labute approximate surface area is 148 Å². The molecular weight excluding hydrogens is 318 g/mol. The van der Waals surface area contributed by atoms with Crippen molar-refractivity contribution in [2.75, 3.05) is 44.1 Å². The molecule has 1 saturated heterocycles. The third-order valence-electron chi connectivity index (χ3n) is 4.56. The van der Waals surface area contributed by atoms with E-state index >= 15 is 0 Å². The van der Waals surface area contributed by atoms with Gasteiger partial charge in [0.2, 0.25) is 0 Å². The zero-order valence-corrected chi connectivity index (χ0v) is 14.8. The summed E-state index contributed by atoms with van der Waals surface area (Å²) < 4.78 is 8.58. The summed E-state index contributed by atoms with van der Waals surface area (Å²) in [6.45, 7) is 5.46. The Hall–Kier alpha value is -1.69. The van der Waals surface area contributed by atoms with Gasteiger partial charge in [-0.05, 0) is 31.3 Å². The van der Waals surface area contributed by atoms with Crippen molar-refractivity contribution in [3.8, 4) is 5.75 Å². The molecule has 4 rings (SSSR count). The van der Waals surface area contributed by atoms with Crippen LogP contribution in [-0.2, 0) is 0 Å². The van der Waals surface area contributed by atoms with E-state index in [2.05, 4.69) is 69.7 Å². The summed E-state index contributed by atoms with van der Waals surface area (Å²) in [6, 6.07) is 18.9. The molecule has 0 radical (unpaired) electrons. The van der Waals surface area contributed by atoms with Gasteiger partial charge >= 0.3 is 0 Å². The number of fused-ring (bicyclic) bond motifs is 1. The number of hydrogen-bond donors (Lipinski definition) is 0. The van der Waals surface area contributed by atoms with Gasteiger partial charge in [0.15, 0.2) is 5.44 Å². The molecule has 0 N–H and O–H groups in total. The molecule has 0 spiro atoms. The van der Waals surface area contributed by atoms with Crippen molar-refractivity contribution in [3.63, 3.8) is 0 Å². The summed E-state index contributed by atoms with van der Waals surface area (Å²) in [5.74, 6) is 0.972. The first-order valence-electron chi connectivity index (χ1n) is 8.48. The number of piperazine rings is 1. The van der Waals surface area contributed by atoms with Crippen molar-refractivity contribution in [2.24, 2.45) is 0 Å². The number of ether oxygens (including phenoxy) is 1. The number of nitrogens with zero attached hydrogens (tertiary/aromatic N) is 3. The number of hydrogen-bond acceptors (Lipinski definition) is 5. The standard InChI is InChI=1S/C19H23N3OS/c1-20-11-13-21(14-12-20)15-19-23-18-10-6-5-9-17(18)22(24-19)16-7-3-2-4-8-16/h2-10,19H,11-15H2,1H3. The highest BCUT2D eigenvalue weighted by Gasteiger charge is 2.29. The Bertz CT molecular complexity index is 673. The molecule has 1 unspecified atom stereocenters. The molecule has 0 aromatic heterocycles. The molecule has 0 aliphatic carbocycles. The minimum absolute atomic E-state index is 0.114. The van der Waals surface area contributed by atoms with Gasteiger partial charge in [0.25, 0.3) is 0 Å². The Morgan fingerprint density at radius 2 is 1.67 bits per heavy atom. The molecule has 2 aliphatic heterocycles. The first-order chi connectivity index (χ1) is 11.8. The van der Waals surface area contributed by atoms with Crippen LogP contribution in [-0.4, -0.2) is 55.0 Å². The second-order valence-corrected chi connectivity index (χ2v) is 7.46. The van der Waals surface area contributed by atoms with E-state index in [1.165, 1.54) is 5.69 Å². The highest BCUT2D eigenvalue weighted by Crippen LogP contribution is 2.45. The Morgan fingerprint density at radius 3 is 2.46 bits per heavy atom. The van der Waals surface area contributed by atoms with Crippen LogP contribution in [0.15, 0.2) is 54.6 Å². The van der Waals surface area contributed by atoms with Gasteiger partial charge in [0.05, 0.1) is 11.4 Å². The molecule has 24 heavy (non-hydrogen) atoms. The van der Waals surface area contributed by atoms with Gasteiger partial charge in [-0.1, -0.05) is 30.3 Å². The Morgan fingerprint density at radius 1 is 0.958 bits per heavy atom. The number of benzene rings is 2. The van der Waals surface area contributed by atoms with Crippen LogP contribution >= 0.6 is 11.9 Å². The molecule has 2 aromatic carbocycles. The summed E-state index contributed by atoms with van der Waals surface area (Å²) in [7, 11) is 2.19. The van der Waals surface area contributed by atoms with Crippen LogP contribution in [0.2, 0.25) is 0 Å².